The molecule has 0 radical (unpaired) electrons. The summed E-state index contributed by atoms with van der Waals surface area (Å²) in [6.07, 6.45) is 0. The van der Waals surface area contributed by atoms with E-state index in [1.165, 1.54) is 16.7 Å². The highest BCUT2D eigenvalue weighted by molar-refractivity contribution is 9.10. The lowest BCUT2D eigenvalue weighted by Crippen LogP contribution is -2.23. The fourth-order valence-electron chi connectivity index (χ4n) is 2.98. The maximum Gasteiger partial charge on any atom is 0.336 e. The largest absolute Gasteiger partial charge is 0.487 e. The number of carboxylic acid groups (broad SMARTS) is 1. The molecule has 1 N–H and O–H groups in total. The second-order valence-corrected chi connectivity index (χ2v) is 7.18. The number of carbonyl (C=O) groups is 1. The molecule has 2 aromatic carbocycles. The van der Waals surface area contributed by atoms with Crippen molar-refractivity contribution in [1.29, 1.82) is 0 Å². The second kappa shape index (κ2) is 8.16. The first-order valence-electron chi connectivity index (χ1n) is 8.53. The van der Waals surface area contributed by atoms with Gasteiger partial charge in [0.2, 0.25) is 0 Å². The van der Waals surface area contributed by atoms with E-state index in [9.17, 15) is 23.5 Å². The first-order valence-corrected chi connectivity index (χ1v) is 9.32. The number of aryl methyl sites for hydroxylation is 1. The Labute approximate surface area is 173 Å². The van der Waals surface area contributed by atoms with Gasteiger partial charge >= 0.3 is 5.97 Å². The molecule has 0 aliphatic rings. The lowest BCUT2D eigenvalue weighted by molar-refractivity contribution is 0.0696. The third-order valence-electron chi connectivity index (χ3n) is 4.47. The zero-order valence-corrected chi connectivity index (χ0v) is 17.1. The quantitative estimate of drug-likeness (QED) is 0.591. The van der Waals surface area contributed by atoms with Gasteiger partial charge in [0.15, 0.2) is 0 Å². The third-order valence-corrected chi connectivity index (χ3v) is 5.20. The molecule has 0 bridgehead atoms. The Morgan fingerprint density at radius 2 is 1.90 bits per heavy atom. The molecule has 0 aliphatic heterocycles. The van der Waals surface area contributed by atoms with Crippen molar-refractivity contribution in [3.63, 3.8) is 0 Å². The monoisotopic (exact) mass is 463 g/mol. The predicted molar refractivity (Wildman–Crippen MR) is 107 cm³/mol. The van der Waals surface area contributed by atoms with Crippen LogP contribution < -0.4 is 10.3 Å². The molecule has 0 fully saturated rings. The van der Waals surface area contributed by atoms with Crippen molar-refractivity contribution in [2.24, 2.45) is 0 Å². The molecule has 1 heterocycles. The first kappa shape index (κ1) is 20.7. The number of pyridine rings is 1. The fourth-order valence-corrected chi connectivity index (χ4v) is 3.38. The Kier molecular flexibility index (Phi) is 5.83. The van der Waals surface area contributed by atoms with E-state index in [0.29, 0.717) is 16.9 Å². The predicted octanol–water partition coefficient (Wildman–Crippen LogP) is 4.77. The smallest absolute Gasteiger partial charge is 0.336 e. The number of benzene rings is 2. The van der Waals surface area contributed by atoms with Gasteiger partial charge in [-0.15, -0.1) is 0 Å². The number of hydrogen-bond acceptors (Lipinski definition) is 3. The number of rotatable bonds is 5. The minimum absolute atomic E-state index is 0.0945. The van der Waals surface area contributed by atoms with Crippen LogP contribution in [0.4, 0.5) is 8.78 Å². The van der Waals surface area contributed by atoms with Crippen molar-refractivity contribution >= 4 is 21.9 Å². The average molecular weight is 464 g/mol. The molecule has 1 aromatic heterocycles. The van der Waals surface area contributed by atoms with Gasteiger partial charge in [0, 0.05) is 23.4 Å². The van der Waals surface area contributed by atoms with Crippen LogP contribution in [0.25, 0.3) is 5.69 Å². The first-order chi connectivity index (χ1) is 13.7. The van der Waals surface area contributed by atoms with E-state index in [4.69, 9.17) is 4.74 Å². The van der Waals surface area contributed by atoms with Crippen LogP contribution in [0.1, 0.15) is 27.2 Å². The number of carboxylic acids is 1. The molecule has 5 nitrogen and oxygen atoms in total. The van der Waals surface area contributed by atoms with Crippen LogP contribution in [-0.4, -0.2) is 15.6 Å². The molecular weight excluding hydrogens is 448 g/mol. The molecule has 0 saturated heterocycles. The van der Waals surface area contributed by atoms with Crippen molar-refractivity contribution in [2.75, 3.05) is 0 Å². The SMILES string of the molecule is Cc1c(C(=O)O)cccc1-n1c(C)cc(OCc2ccc(F)cc2F)c(Br)c1=O. The molecule has 3 aromatic rings. The molecule has 0 aliphatic carbocycles. The van der Waals surface area contributed by atoms with E-state index in [0.717, 1.165) is 12.1 Å². The van der Waals surface area contributed by atoms with Gasteiger partial charge in [0.1, 0.15) is 28.5 Å². The van der Waals surface area contributed by atoms with E-state index < -0.39 is 23.2 Å². The van der Waals surface area contributed by atoms with Crippen molar-refractivity contribution < 1.29 is 23.4 Å². The summed E-state index contributed by atoms with van der Waals surface area (Å²) in [7, 11) is 0. The van der Waals surface area contributed by atoms with Gasteiger partial charge in [-0.05, 0) is 59.6 Å². The number of nitrogens with zero attached hydrogens (tertiary/aromatic N) is 1. The molecule has 8 heteroatoms. The molecular formula is C21H16BrF2NO4. The summed E-state index contributed by atoms with van der Waals surface area (Å²) in [5, 5.41) is 9.32. The molecule has 29 heavy (non-hydrogen) atoms. The van der Waals surface area contributed by atoms with E-state index in [1.54, 1.807) is 32.0 Å². The lowest BCUT2D eigenvalue weighted by Gasteiger charge is -2.17. The topological polar surface area (TPSA) is 68.5 Å². The molecule has 0 atom stereocenters. The summed E-state index contributed by atoms with van der Waals surface area (Å²) in [6, 6.07) is 9.41. The third kappa shape index (κ3) is 4.07. The Balaban J connectivity index is 2.00. The van der Waals surface area contributed by atoms with Crippen LogP contribution >= 0.6 is 15.9 Å². The van der Waals surface area contributed by atoms with Gasteiger partial charge in [-0.25, -0.2) is 13.6 Å². The van der Waals surface area contributed by atoms with Crippen molar-refractivity contribution in [3.05, 3.63) is 91.3 Å². The maximum absolute atomic E-state index is 13.8. The Bertz CT molecular complexity index is 1170. The van der Waals surface area contributed by atoms with Crippen molar-refractivity contribution in [3.8, 4) is 11.4 Å². The highest BCUT2D eigenvalue weighted by Gasteiger charge is 2.18. The zero-order chi connectivity index (χ0) is 21.3. The molecule has 0 unspecified atom stereocenters. The Morgan fingerprint density at radius 1 is 1.17 bits per heavy atom. The number of halogens is 3. The highest BCUT2D eigenvalue weighted by Crippen LogP contribution is 2.27. The van der Waals surface area contributed by atoms with E-state index in [1.807, 2.05) is 0 Å². The standard InChI is InChI=1S/C21H16BrF2NO4/c1-11-8-18(29-10-13-6-7-14(23)9-16(13)24)19(22)20(26)25(11)17-5-3-4-15(12(17)2)21(27)28/h3-9H,10H2,1-2H3,(H,27,28). The van der Waals surface area contributed by atoms with E-state index in [2.05, 4.69) is 15.9 Å². The summed E-state index contributed by atoms with van der Waals surface area (Å²) >= 11 is 3.21. The fraction of sp³-hybridized carbons (Fsp3) is 0.143. The molecule has 3 rings (SSSR count). The maximum atomic E-state index is 13.8. The van der Waals surface area contributed by atoms with Crippen molar-refractivity contribution in [1.82, 2.24) is 4.57 Å². The van der Waals surface area contributed by atoms with Crippen LogP contribution in [0.2, 0.25) is 0 Å². The van der Waals surface area contributed by atoms with Crippen LogP contribution in [0.5, 0.6) is 5.75 Å². The van der Waals surface area contributed by atoms with E-state index >= 15 is 0 Å². The van der Waals surface area contributed by atoms with Gasteiger partial charge < -0.3 is 9.84 Å². The molecule has 0 saturated carbocycles. The molecule has 0 spiro atoms. The van der Waals surface area contributed by atoms with Gasteiger partial charge in [-0.3, -0.25) is 9.36 Å². The molecule has 150 valence electrons. The van der Waals surface area contributed by atoms with Crippen molar-refractivity contribution in [2.45, 2.75) is 20.5 Å². The lowest BCUT2D eigenvalue weighted by atomic mass is 10.1. The Morgan fingerprint density at radius 3 is 2.55 bits per heavy atom. The van der Waals surface area contributed by atoms with Gasteiger partial charge in [0.05, 0.1) is 11.3 Å². The van der Waals surface area contributed by atoms with Gasteiger partial charge in [-0.1, -0.05) is 6.07 Å². The van der Waals surface area contributed by atoms with E-state index in [-0.39, 0.29) is 28.0 Å². The summed E-state index contributed by atoms with van der Waals surface area (Å²) < 4.78 is 33.9. The van der Waals surface area contributed by atoms with Crippen LogP contribution in [0.3, 0.4) is 0 Å². The number of aromatic carboxylic acids is 1. The number of ether oxygens (including phenoxy) is 1. The number of hydrogen-bond donors (Lipinski definition) is 1. The van der Waals surface area contributed by atoms with Crippen LogP contribution in [0, 0.1) is 25.5 Å². The summed E-state index contributed by atoms with van der Waals surface area (Å²) in [6.45, 7) is 3.10. The summed E-state index contributed by atoms with van der Waals surface area (Å²) in [5.41, 5.74) is 1.16. The highest BCUT2D eigenvalue weighted by atomic mass is 79.9. The van der Waals surface area contributed by atoms with Gasteiger partial charge in [0.25, 0.3) is 5.56 Å². The van der Waals surface area contributed by atoms with Crippen LogP contribution in [0.15, 0.2) is 51.7 Å². The summed E-state index contributed by atoms with van der Waals surface area (Å²) in [4.78, 5) is 24.3. The molecule has 0 amide bonds. The zero-order valence-electron chi connectivity index (χ0n) is 15.5. The Hall–Kier alpha value is -3.00. The minimum atomic E-state index is -1.09. The summed E-state index contributed by atoms with van der Waals surface area (Å²) in [5.74, 6) is -2.33. The van der Waals surface area contributed by atoms with Crippen LogP contribution in [-0.2, 0) is 6.61 Å². The second-order valence-electron chi connectivity index (χ2n) is 6.38. The average Bonchev–Trinajstić information content (AvgIpc) is 2.65. The van der Waals surface area contributed by atoms with Gasteiger partial charge in [-0.2, -0.15) is 0 Å². The minimum Gasteiger partial charge on any atom is -0.487 e. The number of aromatic nitrogens is 1. The normalized spacial score (nSPS) is 10.8.